The van der Waals surface area contributed by atoms with Gasteiger partial charge in [0.1, 0.15) is 0 Å². The summed E-state index contributed by atoms with van der Waals surface area (Å²) in [7, 11) is 2.03. The molecule has 0 spiro atoms. The number of hydrogen-bond donors (Lipinski definition) is 0. The first-order valence-corrected chi connectivity index (χ1v) is 4.70. The van der Waals surface area contributed by atoms with E-state index in [9.17, 15) is 0 Å². The summed E-state index contributed by atoms with van der Waals surface area (Å²) in [6.07, 6.45) is 4.15. The predicted octanol–water partition coefficient (Wildman–Crippen LogP) is 1.82. The van der Waals surface area contributed by atoms with E-state index in [1.54, 1.807) is 12.4 Å². The summed E-state index contributed by atoms with van der Waals surface area (Å²) in [4.78, 5) is 6.13. The highest BCUT2D eigenvalue weighted by Gasteiger charge is 2.08. The molecule has 0 amide bonds. The van der Waals surface area contributed by atoms with E-state index in [2.05, 4.69) is 22.9 Å². The summed E-state index contributed by atoms with van der Waals surface area (Å²) in [6.45, 7) is 2.93. The number of hydrogen-bond acceptors (Lipinski definition) is 3. The van der Waals surface area contributed by atoms with Gasteiger partial charge in [0, 0.05) is 25.0 Å². The maximum atomic E-state index is 8.56. The fourth-order valence-electron chi connectivity index (χ4n) is 1.22. The Morgan fingerprint density at radius 3 is 2.71 bits per heavy atom. The Morgan fingerprint density at radius 1 is 1.50 bits per heavy atom. The molecule has 0 aliphatic rings. The third-order valence-electron chi connectivity index (χ3n) is 2.32. The van der Waals surface area contributed by atoms with Gasteiger partial charge in [0.25, 0.3) is 0 Å². The highest BCUT2D eigenvalue weighted by atomic mass is 15.1. The van der Waals surface area contributed by atoms with Crippen LogP contribution in [0, 0.1) is 11.3 Å². The first-order chi connectivity index (χ1) is 6.74. The summed E-state index contributed by atoms with van der Waals surface area (Å²) in [5, 5.41) is 8.56. The van der Waals surface area contributed by atoms with Crippen LogP contribution in [0.5, 0.6) is 0 Å². The lowest BCUT2D eigenvalue weighted by Crippen LogP contribution is -2.28. The third kappa shape index (κ3) is 3.15. The van der Waals surface area contributed by atoms with Gasteiger partial charge in [0.15, 0.2) is 0 Å². The molecule has 3 heteroatoms. The summed E-state index contributed by atoms with van der Waals surface area (Å²) in [6, 6.07) is 6.47. The van der Waals surface area contributed by atoms with Crippen molar-refractivity contribution in [2.24, 2.45) is 0 Å². The summed E-state index contributed by atoms with van der Waals surface area (Å²) in [5.41, 5.74) is 1.23. The maximum absolute atomic E-state index is 8.56. The van der Waals surface area contributed by atoms with E-state index < -0.39 is 0 Å². The summed E-state index contributed by atoms with van der Waals surface area (Å²) in [5.74, 6) is 0. The molecule has 0 aromatic carbocycles. The highest BCUT2D eigenvalue weighted by Crippen LogP contribution is 2.06. The van der Waals surface area contributed by atoms with Crippen molar-refractivity contribution in [3.8, 4) is 6.07 Å². The van der Waals surface area contributed by atoms with Gasteiger partial charge in [-0.05, 0) is 31.7 Å². The second kappa shape index (κ2) is 5.36. The Balaban J connectivity index is 2.49. The number of rotatable bonds is 4. The van der Waals surface area contributed by atoms with Crippen molar-refractivity contribution < 1.29 is 0 Å². The van der Waals surface area contributed by atoms with Crippen molar-refractivity contribution in [2.75, 3.05) is 7.05 Å². The van der Waals surface area contributed by atoms with E-state index >= 15 is 0 Å². The highest BCUT2D eigenvalue weighted by molar-refractivity contribution is 5.09. The van der Waals surface area contributed by atoms with Crippen LogP contribution in [0.25, 0.3) is 0 Å². The van der Waals surface area contributed by atoms with E-state index in [1.807, 2.05) is 19.2 Å². The Labute approximate surface area is 85.0 Å². The van der Waals surface area contributed by atoms with Crippen molar-refractivity contribution in [2.45, 2.75) is 25.9 Å². The average Bonchev–Trinajstić information content (AvgIpc) is 2.19. The van der Waals surface area contributed by atoms with Gasteiger partial charge in [-0.2, -0.15) is 5.26 Å². The molecule has 0 saturated heterocycles. The van der Waals surface area contributed by atoms with Crippen LogP contribution in [-0.2, 0) is 6.54 Å². The first-order valence-electron chi connectivity index (χ1n) is 4.70. The van der Waals surface area contributed by atoms with Gasteiger partial charge in [0.05, 0.1) is 12.5 Å². The number of pyridine rings is 1. The van der Waals surface area contributed by atoms with Crippen LogP contribution in [-0.4, -0.2) is 23.0 Å². The standard InChI is InChI=1S/C11H15N3/c1-10(3-6-12)14(2)9-11-4-7-13-8-5-11/h4-5,7-8,10H,3,9H2,1-2H3. The molecule has 0 bridgehead atoms. The molecule has 0 fully saturated rings. The molecule has 3 nitrogen and oxygen atoms in total. The SMILES string of the molecule is CC(CC#N)N(C)Cc1ccncc1. The molecule has 0 aliphatic carbocycles. The minimum absolute atomic E-state index is 0.299. The van der Waals surface area contributed by atoms with Gasteiger partial charge in [-0.3, -0.25) is 9.88 Å². The van der Waals surface area contributed by atoms with Gasteiger partial charge in [-0.15, -0.1) is 0 Å². The summed E-state index contributed by atoms with van der Waals surface area (Å²) < 4.78 is 0. The van der Waals surface area contributed by atoms with E-state index in [1.165, 1.54) is 5.56 Å². The molecule has 1 aromatic rings. The van der Waals surface area contributed by atoms with Crippen LogP contribution in [0.15, 0.2) is 24.5 Å². The molecule has 1 aromatic heterocycles. The van der Waals surface area contributed by atoms with Crippen LogP contribution in [0.2, 0.25) is 0 Å². The number of aromatic nitrogens is 1. The molecule has 0 saturated carbocycles. The normalized spacial score (nSPS) is 12.4. The average molecular weight is 189 g/mol. The zero-order chi connectivity index (χ0) is 10.4. The summed E-state index contributed by atoms with van der Waals surface area (Å²) >= 11 is 0. The second-order valence-electron chi connectivity index (χ2n) is 3.48. The Bertz CT molecular complexity index is 302. The predicted molar refractivity (Wildman–Crippen MR) is 55.4 cm³/mol. The monoisotopic (exact) mass is 189 g/mol. The van der Waals surface area contributed by atoms with E-state index in [-0.39, 0.29) is 0 Å². The van der Waals surface area contributed by atoms with Crippen LogP contribution < -0.4 is 0 Å². The smallest absolute Gasteiger partial charge is 0.0638 e. The largest absolute Gasteiger partial charge is 0.298 e. The van der Waals surface area contributed by atoms with Crippen LogP contribution >= 0.6 is 0 Å². The molecular formula is C11H15N3. The minimum atomic E-state index is 0.299. The Hall–Kier alpha value is -1.40. The molecule has 14 heavy (non-hydrogen) atoms. The Morgan fingerprint density at radius 2 is 2.14 bits per heavy atom. The lowest BCUT2D eigenvalue weighted by atomic mass is 10.2. The van der Waals surface area contributed by atoms with E-state index in [0.29, 0.717) is 12.5 Å². The zero-order valence-electron chi connectivity index (χ0n) is 8.64. The molecule has 1 unspecified atom stereocenters. The third-order valence-corrected chi connectivity index (χ3v) is 2.32. The quantitative estimate of drug-likeness (QED) is 0.725. The van der Waals surface area contributed by atoms with Gasteiger partial charge in [-0.25, -0.2) is 0 Å². The van der Waals surface area contributed by atoms with Crippen molar-refractivity contribution in [3.05, 3.63) is 30.1 Å². The van der Waals surface area contributed by atoms with E-state index in [0.717, 1.165) is 6.54 Å². The van der Waals surface area contributed by atoms with Crippen LogP contribution in [0.4, 0.5) is 0 Å². The zero-order valence-corrected chi connectivity index (χ0v) is 8.64. The molecule has 0 aliphatic heterocycles. The molecule has 1 atom stereocenters. The van der Waals surface area contributed by atoms with Crippen LogP contribution in [0.3, 0.4) is 0 Å². The second-order valence-corrected chi connectivity index (χ2v) is 3.48. The van der Waals surface area contributed by atoms with Gasteiger partial charge in [-0.1, -0.05) is 0 Å². The van der Waals surface area contributed by atoms with Crippen molar-refractivity contribution >= 4 is 0 Å². The molecular weight excluding hydrogens is 174 g/mol. The molecule has 1 heterocycles. The minimum Gasteiger partial charge on any atom is -0.298 e. The van der Waals surface area contributed by atoms with Crippen molar-refractivity contribution in [1.29, 1.82) is 5.26 Å². The fraction of sp³-hybridized carbons (Fsp3) is 0.455. The first kappa shape index (κ1) is 10.7. The lowest BCUT2D eigenvalue weighted by Gasteiger charge is -2.22. The number of nitriles is 1. The Kier molecular flexibility index (Phi) is 4.09. The molecule has 0 N–H and O–H groups in total. The molecule has 1 rings (SSSR count). The maximum Gasteiger partial charge on any atom is 0.0638 e. The fourth-order valence-corrected chi connectivity index (χ4v) is 1.22. The van der Waals surface area contributed by atoms with E-state index in [4.69, 9.17) is 5.26 Å². The van der Waals surface area contributed by atoms with Gasteiger partial charge in [0.2, 0.25) is 0 Å². The molecule has 74 valence electrons. The van der Waals surface area contributed by atoms with Gasteiger partial charge < -0.3 is 0 Å². The molecule has 0 radical (unpaired) electrons. The van der Waals surface area contributed by atoms with Crippen molar-refractivity contribution in [1.82, 2.24) is 9.88 Å². The van der Waals surface area contributed by atoms with Crippen molar-refractivity contribution in [3.63, 3.8) is 0 Å². The lowest BCUT2D eigenvalue weighted by molar-refractivity contribution is 0.252. The van der Waals surface area contributed by atoms with Gasteiger partial charge >= 0.3 is 0 Å². The topological polar surface area (TPSA) is 39.9 Å². The number of nitrogens with zero attached hydrogens (tertiary/aromatic N) is 3. The van der Waals surface area contributed by atoms with Crippen LogP contribution in [0.1, 0.15) is 18.9 Å².